The van der Waals surface area contributed by atoms with Crippen LogP contribution in [-0.2, 0) is 16.0 Å². The molecule has 0 amide bonds. The Balaban J connectivity index is 2.15. The van der Waals surface area contributed by atoms with Gasteiger partial charge in [-0.1, -0.05) is 44.2 Å². The largest absolute Gasteiger partial charge is 0.465 e. The van der Waals surface area contributed by atoms with Crippen molar-refractivity contribution in [2.24, 2.45) is 5.92 Å². The van der Waals surface area contributed by atoms with Gasteiger partial charge in [0.25, 0.3) is 0 Å². The van der Waals surface area contributed by atoms with E-state index in [1.165, 1.54) is 5.56 Å². The number of benzene rings is 1. The van der Waals surface area contributed by atoms with Crippen LogP contribution >= 0.6 is 0 Å². The minimum Gasteiger partial charge on any atom is -0.465 e. The predicted octanol–water partition coefficient (Wildman–Crippen LogP) is 3.21. The normalized spacial score (nSPS) is 12.1. The van der Waals surface area contributed by atoms with Crippen molar-refractivity contribution in [1.29, 1.82) is 0 Å². The minimum atomic E-state index is -0.0736. The quantitative estimate of drug-likeness (QED) is 0.543. The van der Waals surface area contributed by atoms with Crippen LogP contribution in [0.15, 0.2) is 30.3 Å². The van der Waals surface area contributed by atoms with Crippen LogP contribution in [-0.4, -0.2) is 12.6 Å². The number of hydrogen-bond acceptors (Lipinski definition) is 2. The summed E-state index contributed by atoms with van der Waals surface area (Å²) < 4.78 is 5.18. The van der Waals surface area contributed by atoms with E-state index in [-0.39, 0.29) is 11.9 Å². The molecule has 16 heavy (non-hydrogen) atoms. The Morgan fingerprint density at radius 3 is 2.62 bits per heavy atom. The third kappa shape index (κ3) is 4.47. The number of esters is 1. The van der Waals surface area contributed by atoms with Crippen LogP contribution in [0.2, 0.25) is 0 Å². The molecule has 2 nitrogen and oxygen atoms in total. The molecule has 1 atom stereocenters. The molecule has 0 spiro atoms. The number of carbonyl (C=O) groups is 1. The van der Waals surface area contributed by atoms with E-state index >= 15 is 0 Å². The first-order valence-electron chi connectivity index (χ1n) is 5.94. The first-order valence-corrected chi connectivity index (χ1v) is 5.94. The Labute approximate surface area is 97.6 Å². The van der Waals surface area contributed by atoms with Gasteiger partial charge in [-0.3, -0.25) is 4.79 Å². The molecule has 0 radical (unpaired) electrons. The topological polar surface area (TPSA) is 26.3 Å². The van der Waals surface area contributed by atoms with Crippen LogP contribution in [0.25, 0.3) is 0 Å². The van der Waals surface area contributed by atoms with E-state index in [0.717, 1.165) is 19.3 Å². The predicted molar refractivity (Wildman–Crippen MR) is 65.2 cm³/mol. The summed E-state index contributed by atoms with van der Waals surface area (Å²) in [4.78, 5) is 11.4. The Bertz CT molecular complexity index is 306. The fraction of sp³-hybridized carbons (Fsp3) is 0.500. The molecule has 0 aliphatic rings. The van der Waals surface area contributed by atoms with Crippen LogP contribution in [0.1, 0.15) is 32.3 Å². The van der Waals surface area contributed by atoms with Crippen LogP contribution < -0.4 is 0 Å². The maximum absolute atomic E-state index is 11.4. The zero-order chi connectivity index (χ0) is 11.8. The van der Waals surface area contributed by atoms with E-state index in [0.29, 0.717) is 6.61 Å². The molecule has 1 unspecified atom stereocenters. The zero-order valence-corrected chi connectivity index (χ0v) is 10.1. The molecule has 0 saturated heterocycles. The molecular formula is C14H20O2. The lowest BCUT2D eigenvalue weighted by Gasteiger charge is -2.08. The van der Waals surface area contributed by atoms with Gasteiger partial charge < -0.3 is 4.74 Å². The van der Waals surface area contributed by atoms with Gasteiger partial charge in [-0.15, -0.1) is 0 Å². The minimum absolute atomic E-state index is 0.0247. The molecule has 0 bridgehead atoms. The highest BCUT2D eigenvalue weighted by Crippen LogP contribution is 2.05. The highest BCUT2D eigenvalue weighted by Gasteiger charge is 2.10. The van der Waals surface area contributed by atoms with Gasteiger partial charge >= 0.3 is 5.97 Å². The lowest BCUT2D eigenvalue weighted by atomic mass is 10.1. The van der Waals surface area contributed by atoms with Crippen molar-refractivity contribution in [2.75, 3.05) is 6.61 Å². The number of aryl methyl sites for hydroxylation is 1. The number of carbonyl (C=O) groups excluding carboxylic acids is 1. The molecule has 2 heteroatoms. The zero-order valence-electron chi connectivity index (χ0n) is 10.1. The second-order valence-electron chi connectivity index (χ2n) is 4.07. The van der Waals surface area contributed by atoms with E-state index in [4.69, 9.17) is 4.74 Å². The summed E-state index contributed by atoms with van der Waals surface area (Å²) in [6.45, 7) is 4.42. The van der Waals surface area contributed by atoms with Crippen LogP contribution in [0.5, 0.6) is 0 Å². The third-order valence-corrected chi connectivity index (χ3v) is 2.71. The summed E-state index contributed by atoms with van der Waals surface area (Å²) in [5.41, 5.74) is 1.29. The molecule has 0 fully saturated rings. The molecule has 0 aliphatic carbocycles. The standard InChI is InChI=1S/C14H20O2/c1-3-12(2)14(15)16-11-7-10-13-8-5-4-6-9-13/h4-6,8-9,12H,3,7,10-11H2,1-2H3. The van der Waals surface area contributed by atoms with E-state index in [2.05, 4.69) is 12.1 Å². The van der Waals surface area contributed by atoms with E-state index in [1.807, 2.05) is 32.0 Å². The molecule has 0 aromatic heterocycles. The first kappa shape index (κ1) is 12.8. The SMILES string of the molecule is CCC(C)C(=O)OCCCc1ccccc1. The van der Waals surface area contributed by atoms with Gasteiger partial charge in [0.1, 0.15) is 0 Å². The van der Waals surface area contributed by atoms with Crippen molar-refractivity contribution >= 4 is 5.97 Å². The van der Waals surface area contributed by atoms with Gasteiger partial charge in [0.05, 0.1) is 12.5 Å². The van der Waals surface area contributed by atoms with Crippen molar-refractivity contribution in [3.05, 3.63) is 35.9 Å². The molecule has 0 N–H and O–H groups in total. The summed E-state index contributed by atoms with van der Waals surface area (Å²) in [5.74, 6) is -0.0488. The second-order valence-corrected chi connectivity index (χ2v) is 4.07. The van der Waals surface area contributed by atoms with Gasteiger partial charge in [0.15, 0.2) is 0 Å². The van der Waals surface area contributed by atoms with Crippen LogP contribution in [0, 0.1) is 5.92 Å². The Morgan fingerprint density at radius 2 is 2.00 bits per heavy atom. The van der Waals surface area contributed by atoms with Crippen molar-refractivity contribution in [3.8, 4) is 0 Å². The Hall–Kier alpha value is -1.31. The number of ether oxygens (including phenoxy) is 1. The van der Waals surface area contributed by atoms with Gasteiger partial charge in [-0.25, -0.2) is 0 Å². The van der Waals surface area contributed by atoms with Gasteiger partial charge in [-0.05, 0) is 24.8 Å². The fourth-order valence-corrected chi connectivity index (χ4v) is 1.40. The number of hydrogen-bond donors (Lipinski definition) is 0. The van der Waals surface area contributed by atoms with Crippen LogP contribution in [0.4, 0.5) is 0 Å². The third-order valence-electron chi connectivity index (χ3n) is 2.71. The summed E-state index contributed by atoms with van der Waals surface area (Å²) in [7, 11) is 0. The van der Waals surface area contributed by atoms with E-state index in [1.54, 1.807) is 0 Å². The molecule has 1 aromatic rings. The summed E-state index contributed by atoms with van der Waals surface area (Å²) in [5, 5.41) is 0. The molecule has 1 aromatic carbocycles. The highest BCUT2D eigenvalue weighted by molar-refractivity contribution is 5.71. The lowest BCUT2D eigenvalue weighted by molar-refractivity contribution is -0.148. The molecule has 0 saturated carbocycles. The summed E-state index contributed by atoms with van der Waals surface area (Å²) in [6.07, 6.45) is 2.71. The number of rotatable bonds is 6. The van der Waals surface area contributed by atoms with Crippen molar-refractivity contribution in [2.45, 2.75) is 33.1 Å². The summed E-state index contributed by atoms with van der Waals surface area (Å²) in [6, 6.07) is 10.3. The maximum atomic E-state index is 11.4. The molecule has 0 aliphatic heterocycles. The van der Waals surface area contributed by atoms with Crippen molar-refractivity contribution in [3.63, 3.8) is 0 Å². The average Bonchev–Trinajstić information content (AvgIpc) is 2.34. The molecular weight excluding hydrogens is 200 g/mol. The smallest absolute Gasteiger partial charge is 0.308 e. The second kappa shape index (κ2) is 7.04. The molecule has 1 rings (SSSR count). The van der Waals surface area contributed by atoms with E-state index < -0.39 is 0 Å². The average molecular weight is 220 g/mol. The first-order chi connectivity index (χ1) is 7.74. The molecule has 88 valence electrons. The van der Waals surface area contributed by atoms with Gasteiger partial charge in [0, 0.05) is 0 Å². The van der Waals surface area contributed by atoms with Crippen molar-refractivity contribution < 1.29 is 9.53 Å². The Morgan fingerprint density at radius 1 is 1.31 bits per heavy atom. The summed E-state index contributed by atoms with van der Waals surface area (Å²) >= 11 is 0. The Kier molecular flexibility index (Phi) is 5.62. The van der Waals surface area contributed by atoms with Gasteiger partial charge in [0.2, 0.25) is 0 Å². The maximum Gasteiger partial charge on any atom is 0.308 e. The van der Waals surface area contributed by atoms with Crippen molar-refractivity contribution in [1.82, 2.24) is 0 Å². The fourth-order valence-electron chi connectivity index (χ4n) is 1.40. The lowest BCUT2D eigenvalue weighted by Crippen LogP contribution is -2.14. The van der Waals surface area contributed by atoms with E-state index in [9.17, 15) is 4.79 Å². The van der Waals surface area contributed by atoms with Crippen LogP contribution in [0.3, 0.4) is 0 Å². The monoisotopic (exact) mass is 220 g/mol. The van der Waals surface area contributed by atoms with Gasteiger partial charge in [-0.2, -0.15) is 0 Å². The molecule has 0 heterocycles. The highest BCUT2D eigenvalue weighted by atomic mass is 16.5.